The molecular weight excluding hydrogens is 287 g/mol. The van der Waals surface area contributed by atoms with Gasteiger partial charge in [0.25, 0.3) is 0 Å². The van der Waals surface area contributed by atoms with Gasteiger partial charge in [-0.2, -0.15) is 0 Å². The molecule has 0 aliphatic heterocycles. The molecule has 0 spiro atoms. The molecule has 1 aromatic carbocycles. The summed E-state index contributed by atoms with van der Waals surface area (Å²) in [6.45, 7) is 1.69. The molecule has 17 heavy (non-hydrogen) atoms. The highest BCUT2D eigenvalue weighted by molar-refractivity contribution is 9.10. The highest BCUT2D eigenvalue weighted by Crippen LogP contribution is 2.39. The Balaban J connectivity index is 2.18. The highest BCUT2D eigenvalue weighted by Gasteiger charge is 2.44. The van der Waals surface area contributed by atoms with E-state index in [0.29, 0.717) is 4.47 Å². The molecule has 0 saturated heterocycles. The van der Waals surface area contributed by atoms with Crippen LogP contribution >= 0.6 is 15.9 Å². The van der Waals surface area contributed by atoms with Crippen molar-refractivity contribution in [2.75, 3.05) is 5.32 Å². The predicted octanol–water partition coefficient (Wildman–Crippen LogP) is 2.65. The van der Waals surface area contributed by atoms with E-state index in [1.165, 1.54) is 6.07 Å². The SMILES string of the molecule is CC(N)(C(=O)Nc1c(F)cccc1Br)C1CC1. The Morgan fingerprint density at radius 3 is 2.76 bits per heavy atom. The second kappa shape index (κ2) is 4.38. The van der Waals surface area contributed by atoms with Gasteiger partial charge in [0.15, 0.2) is 0 Å². The lowest BCUT2D eigenvalue weighted by Crippen LogP contribution is -2.50. The maximum atomic E-state index is 13.5. The van der Waals surface area contributed by atoms with Crippen LogP contribution in [0.15, 0.2) is 22.7 Å². The molecule has 1 aliphatic rings. The first-order valence-corrected chi connectivity index (χ1v) is 6.26. The second-order valence-electron chi connectivity index (χ2n) is 4.61. The minimum absolute atomic E-state index is 0.148. The lowest BCUT2D eigenvalue weighted by atomic mass is 9.96. The molecule has 3 N–H and O–H groups in total. The van der Waals surface area contributed by atoms with Crippen molar-refractivity contribution in [2.45, 2.75) is 25.3 Å². The average Bonchev–Trinajstić information content (AvgIpc) is 3.07. The van der Waals surface area contributed by atoms with Crippen LogP contribution in [0.2, 0.25) is 0 Å². The first kappa shape index (κ1) is 12.5. The Labute approximate surface area is 108 Å². The van der Waals surface area contributed by atoms with E-state index in [2.05, 4.69) is 21.2 Å². The number of carbonyl (C=O) groups excluding carboxylic acids is 1. The van der Waals surface area contributed by atoms with E-state index in [1.807, 2.05) is 0 Å². The largest absolute Gasteiger partial charge is 0.321 e. The second-order valence-corrected chi connectivity index (χ2v) is 5.46. The summed E-state index contributed by atoms with van der Waals surface area (Å²) in [4.78, 5) is 12.0. The van der Waals surface area contributed by atoms with Gasteiger partial charge in [0.2, 0.25) is 5.91 Å². The summed E-state index contributed by atoms with van der Waals surface area (Å²) in [6, 6.07) is 4.53. The quantitative estimate of drug-likeness (QED) is 0.902. The predicted molar refractivity (Wildman–Crippen MR) is 68.0 cm³/mol. The normalized spacial score (nSPS) is 18.6. The smallest absolute Gasteiger partial charge is 0.244 e. The Bertz CT molecular complexity index is 438. The van der Waals surface area contributed by atoms with Gasteiger partial charge in [-0.1, -0.05) is 6.07 Å². The molecule has 2 rings (SSSR count). The van der Waals surface area contributed by atoms with Crippen LogP contribution in [-0.2, 0) is 4.79 Å². The molecular formula is C12H14BrFN2O. The number of carbonyl (C=O) groups is 1. The summed E-state index contributed by atoms with van der Waals surface area (Å²) in [5.41, 5.74) is 5.18. The number of anilines is 1. The monoisotopic (exact) mass is 300 g/mol. The van der Waals surface area contributed by atoms with Gasteiger partial charge in [0.05, 0.1) is 11.2 Å². The maximum absolute atomic E-state index is 13.5. The summed E-state index contributed by atoms with van der Waals surface area (Å²) < 4.78 is 14.0. The van der Waals surface area contributed by atoms with Crippen LogP contribution in [0.5, 0.6) is 0 Å². The van der Waals surface area contributed by atoms with Crippen LogP contribution in [0, 0.1) is 11.7 Å². The first-order valence-electron chi connectivity index (χ1n) is 5.47. The maximum Gasteiger partial charge on any atom is 0.244 e. The van der Waals surface area contributed by atoms with Gasteiger partial charge in [-0.3, -0.25) is 4.79 Å². The third-order valence-corrected chi connectivity index (χ3v) is 3.78. The lowest BCUT2D eigenvalue weighted by molar-refractivity contribution is -0.121. The average molecular weight is 301 g/mol. The Kier molecular flexibility index (Phi) is 3.23. The van der Waals surface area contributed by atoms with E-state index in [-0.39, 0.29) is 17.5 Å². The summed E-state index contributed by atoms with van der Waals surface area (Å²) in [5.74, 6) is -0.613. The number of nitrogens with two attached hydrogens (primary N) is 1. The van der Waals surface area contributed by atoms with Crippen LogP contribution in [0.4, 0.5) is 10.1 Å². The third kappa shape index (κ3) is 2.50. The molecule has 1 amide bonds. The minimum atomic E-state index is -0.929. The number of amides is 1. The Hall–Kier alpha value is -0.940. The zero-order valence-electron chi connectivity index (χ0n) is 9.47. The van der Waals surface area contributed by atoms with Crippen LogP contribution in [0.1, 0.15) is 19.8 Å². The fraction of sp³-hybridized carbons (Fsp3) is 0.417. The summed E-state index contributed by atoms with van der Waals surface area (Å²) >= 11 is 3.20. The van der Waals surface area contributed by atoms with Crippen LogP contribution in [0.3, 0.4) is 0 Å². The summed E-state index contributed by atoms with van der Waals surface area (Å²) in [5, 5.41) is 2.55. The van der Waals surface area contributed by atoms with Crippen LogP contribution < -0.4 is 11.1 Å². The van der Waals surface area contributed by atoms with Crippen molar-refractivity contribution in [2.24, 2.45) is 11.7 Å². The standard InChI is InChI=1S/C12H14BrFN2O/c1-12(15,7-5-6-7)11(17)16-10-8(13)3-2-4-9(10)14/h2-4,7H,5-6,15H2,1H3,(H,16,17). The van der Waals surface area contributed by atoms with E-state index in [4.69, 9.17) is 5.73 Å². The third-order valence-electron chi connectivity index (χ3n) is 3.12. The van der Waals surface area contributed by atoms with Gasteiger partial charge in [-0.05, 0) is 53.7 Å². The van der Waals surface area contributed by atoms with Gasteiger partial charge in [-0.15, -0.1) is 0 Å². The molecule has 1 aliphatic carbocycles. The number of rotatable bonds is 3. The van der Waals surface area contributed by atoms with Gasteiger partial charge in [0, 0.05) is 4.47 Å². The molecule has 1 unspecified atom stereocenters. The molecule has 0 bridgehead atoms. The lowest BCUT2D eigenvalue weighted by Gasteiger charge is -2.23. The van der Waals surface area contributed by atoms with Crippen molar-refractivity contribution < 1.29 is 9.18 Å². The van der Waals surface area contributed by atoms with E-state index < -0.39 is 11.4 Å². The molecule has 1 atom stereocenters. The first-order chi connectivity index (χ1) is 7.93. The number of hydrogen-bond acceptors (Lipinski definition) is 2. The van der Waals surface area contributed by atoms with Crippen molar-refractivity contribution in [1.29, 1.82) is 0 Å². The molecule has 92 valence electrons. The topological polar surface area (TPSA) is 55.1 Å². The van der Waals surface area contributed by atoms with Crippen LogP contribution in [-0.4, -0.2) is 11.4 Å². The Morgan fingerprint density at radius 1 is 1.59 bits per heavy atom. The highest BCUT2D eigenvalue weighted by atomic mass is 79.9. The van der Waals surface area contributed by atoms with Crippen molar-refractivity contribution in [3.8, 4) is 0 Å². The summed E-state index contributed by atoms with van der Waals surface area (Å²) in [7, 11) is 0. The van der Waals surface area contributed by atoms with Gasteiger partial charge >= 0.3 is 0 Å². The molecule has 1 saturated carbocycles. The molecule has 5 heteroatoms. The van der Waals surface area contributed by atoms with Crippen LogP contribution in [0.25, 0.3) is 0 Å². The van der Waals surface area contributed by atoms with Crippen molar-refractivity contribution in [3.05, 3.63) is 28.5 Å². The number of nitrogens with one attached hydrogen (secondary N) is 1. The molecule has 1 fully saturated rings. The number of hydrogen-bond donors (Lipinski definition) is 2. The molecule has 1 aromatic rings. The van der Waals surface area contributed by atoms with Gasteiger partial charge < -0.3 is 11.1 Å². The van der Waals surface area contributed by atoms with Gasteiger partial charge in [-0.25, -0.2) is 4.39 Å². The fourth-order valence-corrected chi connectivity index (χ4v) is 2.17. The Morgan fingerprint density at radius 2 is 2.24 bits per heavy atom. The molecule has 3 nitrogen and oxygen atoms in total. The number of para-hydroxylation sites is 1. The van der Waals surface area contributed by atoms with E-state index in [0.717, 1.165) is 12.8 Å². The summed E-state index contributed by atoms with van der Waals surface area (Å²) in [6.07, 6.45) is 1.91. The molecule has 0 radical (unpaired) electrons. The fourth-order valence-electron chi connectivity index (χ4n) is 1.73. The van der Waals surface area contributed by atoms with E-state index in [9.17, 15) is 9.18 Å². The zero-order valence-corrected chi connectivity index (χ0v) is 11.1. The van der Waals surface area contributed by atoms with Crippen molar-refractivity contribution >= 4 is 27.5 Å². The number of halogens is 2. The van der Waals surface area contributed by atoms with E-state index >= 15 is 0 Å². The van der Waals surface area contributed by atoms with Gasteiger partial charge in [0.1, 0.15) is 5.82 Å². The minimum Gasteiger partial charge on any atom is -0.321 e. The number of benzene rings is 1. The van der Waals surface area contributed by atoms with E-state index in [1.54, 1.807) is 19.1 Å². The molecule has 0 heterocycles. The van der Waals surface area contributed by atoms with Crippen molar-refractivity contribution in [1.82, 2.24) is 0 Å². The van der Waals surface area contributed by atoms with Crippen molar-refractivity contribution in [3.63, 3.8) is 0 Å². The zero-order chi connectivity index (χ0) is 12.6. The molecule has 0 aromatic heterocycles.